The molecule has 1 aliphatic carbocycles. The average molecular weight is 455 g/mol. The Balaban J connectivity index is 1.21. The second-order valence-corrected chi connectivity index (χ2v) is 9.11. The van der Waals surface area contributed by atoms with Crippen molar-refractivity contribution in [2.75, 3.05) is 13.1 Å². The monoisotopic (exact) mass is 454 g/mol. The molecule has 1 saturated heterocycles. The summed E-state index contributed by atoms with van der Waals surface area (Å²) >= 11 is 6.26. The number of Topliss-reactive ketones (excluding diaryl/α,β-unsaturated/α-hetero) is 1. The first-order chi connectivity index (χ1) is 15.5. The van der Waals surface area contributed by atoms with Gasteiger partial charge >= 0.3 is 0 Å². The second kappa shape index (κ2) is 8.64. The molecule has 1 aliphatic heterocycles. The summed E-state index contributed by atoms with van der Waals surface area (Å²) in [5, 5.41) is 8.76. The molecule has 3 aromatic rings. The van der Waals surface area contributed by atoms with Crippen molar-refractivity contribution in [2.24, 2.45) is 5.92 Å². The number of rotatable bonds is 8. The maximum absolute atomic E-state index is 13.2. The highest BCUT2D eigenvalue weighted by molar-refractivity contribution is 6.30. The molecule has 0 bridgehead atoms. The summed E-state index contributed by atoms with van der Waals surface area (Å²) < 4.78 is 21.0. The predicted octanol–water partition coefficient (Wildman–Crippen LogP) is 5.46. The van der Waals surface area contributed by atoms with Gasteiger partial charge in [0.05, 0.1) is 12.2 Å². The van der Waals surface area contributed by atoms with E-state index in [1.165, 1.54) is 12.1 Å². The highest BCUT2D eigenvalue weighted by atomic mass is 35.5. The highest BCUT2D eigenvalue weighted by Gasteiger charge is 2.34. The first kappa shape index (κ1) is 21.1. The van der Waals surface area contributed by atoms with Crippen LogP contribution in [0.25, 0.3) is 0 Å². The van der Waals surface area contributed by atoms with Gasteiger partial charge in [0.1, 0.15) is 23.0 Å². The molecule has 1 aromatic heterocycles. The Bertz CT molecular complexity index is 1120. The Morgan fingerprint density at radius 1 is 1.22 bits per heavy atom. The van der Waals surface area contributed by atoms with Gasteiger partial charge in [0.2, 0.25) is 0 Å². The van der Waals surface area contributed by atoms with Crippen LogP contribution < -0.4 is 4.74 Å². The van der Waals surface area contributed by atoms with Crippen LogP contribution in [-0.2, 0) is 0 Å². The first-order valence-corrected chi connectivity index (χ1v) is 11.3. The smallest absolute Gasteiger partial charge is 0.185 e. The van der Waals surface area contributed by atoms with Gasteiger partial charge in [-0.15, -0.1) is 5.10 Å². The second-order valence-electron chi connectivity index (χ2n) is 8.68. The van der Waals surface area contributed by atoms with Crippen molar-refractivity contribution >= 4 is 17.4 Å². The molecular weight excluding hydrogens is 431 g/mol. The third kappa shape index (κ3) is 4.54. The van der Waals surface area contributed by atoms with Crippen LogP contribution in [0.3, 0.4) is 0 Å². The summed E-state index contributed by atoms with van der Waals surface area (Å²) in [6.45, 7) is 3.72. The Labute approximate surface area is 190 Å². The number of likely N-dealkylation sites (tertiary alicyclic amines) is 1. The Hall–Kier alpha value is -2.77. The molecule has 1 saturated carbocycles. The number of halogens is 2. The lowest BCUT2D eigenvalue weighted by atomic mass is 9.90. The Morgan fingerprint density at radius 2 is 1.97 bits per heavy atom. The summed E-state index contributed by atoms with van der Waals surface area (Å²) in [6.07, 6.45) is 4.48. The predicted molar refractivity (Wildman–Crippen MR) is 119 cm³/mol. The molecule has 0 spiro atoms. The number of ketones is 1. The molecule has 6 nitrogen and oxygen atoms in total. The minimum atomic E-state index is -0.307. The van der Waals surface area contributed by atoms with Gasteiger partial charge in [-0.25, -0.2) is 9.07 Å². The maximum atomic E-state index is 13.2. The summed E-state index contributed by atoms with van der Waals surface area (Å²) in [5.41, 5.74) is 1.42. The van der Waals surface area contributed by atoms with Crippen molar-refractivity contribution < 1.29 is 13.9 Å². The van der Waals surface area contributed by atoms with Gasteiger partial charge in [-0.1, -0.05) is 16.8 Å². The van der Waals surface area contributed by atoms with Gasteiger partial charge in [-0.05, 0) is 68.1 Å². The quantitative estimate of drug-likeness (QED) is 0.423. The summed E-state index contributed by atoms with van der Waals surface area (Å²) in [5.74, 6) is 1.28. The number of hydrogen-bond donors (Lipinski definition) is 0. The molecule has 2 fully saturated rings. The Kier molecular flexibility index (Phi) is 5.69. The molecule has 2 aliphatic rings. The molecule has 0 amide bonds. The molecule has 1 unspecified atom stereocenters. The van der Waals surface area contributed by atoms with Crippen molar-refractivity contribution in [2.45, 2.75) is 38.3 Å². The number of carbonyl (C=O) groups is 1. The van der Waals surface area contributed by atoms with Crippen molar-refractivity contribution in [3.63, 3.8) is 0 Å². The van der Waals surface area contributed by atoms with Crippen molar-refractivity contribution in [1.82, 2.24) is 19.9 Å². The third-order valence-corrected chi connectivity index (χ3v) is 6.42. The van der Waals surface area contributed by atoms with Crippen LogP contribution in [0, 0.1) is 11.7 Å². The van der Waals surface area contributed by atoms with E-state index in [1.54, 1.807) is 24.4 Å². The van der Waals surface area contributed by atoms with Gasteiger partial charge in [0.25, 0.3) is 0 Å². The summed E-state index contributed by atoms with van der Waals surface area (Å²) in [6, 6.07) is 11.9. The van der Waals surface area contributed by atoms with E-state index in [4.69, 9.17) is 16.3 Å². The van der Waals surface area contributed by atoms with Gasteiger partial charge in [-0.2, -0.15) is 0 Å². The van der Waals surface area contributed by atoms with E-state index in [0.717, 1.165) is 31.5 Å². The molecule has 32 heavy (non-hydrogen) atoms. The van der Waals surface area contributed by atoms with Gasteiger partial charge in [-0.3, -0.25) is 9.69 Å². The largest absolute Gasteiger partial charge is 0.457 e. The first-order valence-electron chi connectivity index (χ1n) is 10.9. The maximum Gasteiger partial charge on any atom is 0.185 e. The molecule has 8 heteroatoms. The van der Waals surface area contributed by atoms with Gasteiger partial charge < -0.3 is 4.74 Å². The molecule has 0 N–H and O–H groups in total. The SMILES string of the molecule is CC(c1cc(Cl)ccc1Oc1ccc(F)cc1)N1CC(CC(=O)c2cn(C3CC3)nn2)C1. The van der Waals surface area contributed by atoms with Crippen LogP contribution in [0.5, 0.6) is 11.5 Å². The van der Waals surface area contributed by atoms with Crippen LogP contribution >= 0.6 is 11.6 Å². The fourth-order valence-corrected chi connectivity index (χ4v) is 4.29. The number of benzene rings is 2. The fraction of sp³-hybridized carbons (Fsp3) is 0.375. The molecular formula is C24H24ClFN4O2. The van der Waals surface area contributed by atoms with Gasteiger partial charge in [0.15, 0.2) is 5.78 Å². The normalized spacial score (nSPS) is 17.7. The molecule has 166 valence electrons. The van der Waals surface area contributed by atoms with E-state index in [-0.39, 0.29) is 23.6 Å². The molecule has 2 heterocycles. The number of hydrogen-bond acceptors (Lipinski definition) is 5. The zero-order chi connectivity index (χ0) is 22.2. The van der Waals surface area contributed by atoms with Crippen LogP contribution in [0.2, 0.25) is 5.02 Å². The molecule has 0 radical (unpaired) electrons. The lowest BCUT2D eigenvalue weighted by Crippen LogP contribution is -2.48. The number of ether oxygens (including phenoxy) is 1. The summed E-state index contributed by atoms with van der Waals surface area (Å²) in [4.78, 5) is 14.9. The van der Waals surface area contributed by atoms with Crippen molar-refractivity contribution in [1.29, 1.82) is 0 Å². The lowest BCUT2D eigenvalue weighted by Gasteiger charge is -2.43. The fourth-order valence-electron chi connectivity index (χ4n) is 4.11. The van der Waals surface area contributed by atoms with Crippen molar-refractivity contribution in [3.05, 3.63) is 70.8 Å². The molecule has 5 rings (SSSR count). The number of aromatic nitrogens is 3. The van der Waals surface area contributed by atoms with E-state index < -0.39 is 0 Å². The third-order valence-electron chi connectivity index (χ3n) is 6.19. The number of nitrogens with zero attached hydrogens (tertiary/aromatic N) is 4. The topological polar surface area (TPSA) is 60.2 Å². The number of carbonyl (C=O) groups excluding carboxylic acids is 1. The lowest BCUT2D eigenvalue weighted by molar-refractivity contribution is 0.0495. The van der Waals surface area contributed by atoms with E-state index in [2.05, 4.69) is 22.1 Å². The van der Waals surface area contributed by atoms with Crippen LogP contribution in [0.4, 0.5) is 4.39 Å². The van der Waals surface area contributed by atoms with E-state index in [0.29, 0.717) is 34.7 Å². The van der Waals surface area contributed by atoms with E-state index in [1.807, 2.05) is 16.8 Å². The zero-order valence-electron chi connectivity index (χ0n) is 17.7. The molecule has 1 atom stereocenters. The standard InChI is InChI=1S/C24H24ClFN4O2/c1-15(21-11-17(25)2-9-24(21)32-20-7-3-18(26)4-8-20)29-12-16(13-29)10-23(31)22-14-30(28-27-22)19-5-6-19/h2-4,7-9,11,14-16,19H,5-6,10,12-13H2,1H3. The summed E-state index contributed by atoms with van der Waals surface area (Å²) in [7, 11) is 0. The average Bonchev–Trinajstić information content (AvgIpc) is 3.49. The highest BCUT2D eigenvalue weighted by Crippen LogP contribution is 2.38. The van der Waals surface area contributed by atoms with Crippen molar-refractivity contribution in [3.8, 4) is 11.5 Å². The zero-order valence-corrected chi connectivity index (χ0v) is 18.5. The van der Waals surface area contributed by atoms with Crippen LogP contribution in [0.1, 0.15) is 54.3 Å². The van der Waals surface area contributed by atoms with E-state index in [9.17, 15) is 9.18 Å². The minimum Gasteiger partial charge on any atom is -0.457 e. The Morgan fingerprint density at radius 3 is 2.69 bits per heavy atom. The van der Waals surface area contributed by atoms with E-state index >= 15 is 0 Å². The minimum absolute atomic E-state index is 0.0530. The van der Waals surface area contributed by atoms with Crippen LogP contribution in [-0.4, -0.2) is 38.8 Å². The van der Waals surface area contributed by atoms with Crippen LogP contribution in [0.15, 0.2) is 48.7 Å². The molecule has 2 aromatic carbocycles. The van der Waals surface area contributed by atoms with Gasteiger partial charge in [0, 0.05) is 36.1 Å².